The van der Waals surface area contributed by atoms with Crippen molar-refractivity contribution in [1.82, 2.24) is 18.7 Å². The van der Waals surface area contributed by atoms with E-state index in [1.54, 1.807) is 13.1 Å². The molecular weight excluding hydrogens is 330 g/mol. The topological polar surface area (TPSA) is 65.1 Å². The maximum atomic E-state index is 13.0. The lowest BCUT2D eigenvalue weighted by atomic mass is 10.2. The fourth-order valence-electron chi connectivity index (χ4n) is 3.49. The molecule has 1 aromatic carbocycles. The number of aromatic nitrogens is 4. The maximum Gasteiger partial charge on any atom is 0.332 e. The number of aryl methyl sites for hydroxylation is 2. The minimum atomic E-state index is -0.348. The number of anilines is 2. The molecule has 7 heteroatoms. The number of hydrogen-bond acceptors (Lipinski definition) is 4. The molecule has 3 heterocycles. The molecule has 1 aliphatic heterocycles. The Hall–Kier alpha value is -3.09. The van der Waals surface area contributed by atoms with Crippen molar-refractivity contribution in [2.45, 2.75) is 26.9 Å². The molecule has 0 unspecified atom stereocenters. The summed E-state index contributed by atoms with van der Waals surface area (Å²) in [7, 11) is 1.66. The van der Waals surface area contributed by atoms with Crippen LogP contribution in [0, 0.1) is 6.92 Å². The van der Waals surface area contributed by atoms with Crippen molar-refractivity contribution in [2.24, 2.45) is 7.05 Å². The van der Waals surface area contributed by atoms with E-state index in [2.05, 4.69) is 16.0 Å². The highest BCUT2D eigenvalue weighted by molar-refractivity contribution is 5.77. The molecule has 0 amide bonds. The zero-order chi connectivity index (χ0) is 18.4. The van der Waals surface area contributed by atoms with Gasteiger partial charge < -0.3 is 9.47 Å². The zero-order valence-corrected chi connectivity index (χ0v) is 15.1. The number of imidazole rings is 1. The molecule has 7 nitrogen and oxygen atoms in total. The van der Waals surface area contributed by atoms with Crippen LogP contribution in [0.25, 0.3) is 11.2 Å². The molecule has 0 aliphatic carbocycles. The molecule has 0 spiro atoms. The second-order valence-electron chi connectivity index (χ2n) is 6.55. The van der Waals surface area contributed by atoms with E-state index in [-0.39, 0.29) is 17.8 Å². The number of nitrogens with zero attached hydrogens (tertiary/aromatic N) is 5. The quantitative estimate of drug-likeness (QED) is 0.677. The van der Waals surface area contributed by atoms with E-state index in [4.69, 9.17) is 0 Å². The third kappa shape index (κ3) is 2.31. The van der Waals surface area contributed by atoms with Gasteiger partial charge in [-0.3, -0.25) is 13.9 Å². The van der Waals surface area contributed by atoms with Crippen molar-refractivity contribution in [3.05, 3.63) is 62.8 Å². The Labute approximate surface area is 150 Å². The summed E-state index contributed by atoms with van der Waals surface area (Å²) in [6, 6.07) is 8.19. The van der Waals surface area contributed by atoms with E-state index in [0.717, 1.165) is 17.8 Å². The molecule has 0 N–H and O–H groups in total. The number of allylic oxidation sites excluding steroid dienone is 2. The van der Waals surface area contributed by atoms with Crippen molar-refractivity contribution in [2.75, 3.05) is 11.4 Å². The predicted octanol–water partition coefficient (Wildman–Crippen LogP) is 1.93. The van der Waals surface area contributed by atoms with Crippen LogP contribution in [0.2, 0.25) is 0 Å². The van der Waals surface area contributed by atoms with Crippen molar-refractivity contribution in [3.63, 3.8) is 0 Å². The third-order valence-corrected chi connectivity index (χ3v) is 4.84. The summed E-state index contributed by atoms with van der Waals surface area (Å²) < 4.78 is 4.64. The van der Waals surface area contributed by atoms with Gasteiger partial charge in [0.2, 0.25) is 5.95 Å². The van der Waals surface area contributed by atoms with Crippen LogP contribution < -0.4 is 16.1 Å². The Morgan fingerprint density at radius 3 is 2.77 bits per heavy atom. The first-order chi connectivity index (χ1) is 12.5. The number of hydrogen-bond donors (Lipinski definition) is 0. The number of rotatable bonds is 3. The van der Waals surface area contributed by atoms with Gasteiger partial charge in [-0.1, -0.05) is 24.3 Å². The summed E-state index contributed by atoms with van der Waals surface area (Å²) in [5.74, 6) is 0.710. The van der Waals surface area contributed by atoms with Crippen LogP contribution in [0.3, 0.4) is 0 Å². The Morgan fingerprint density at radius 1 is 1.23 bits per heavy atom. The molecule has 2 aromatic heterocycles. The molecule has 0 saturated heterocycles. The van der Waals surface area contributed by atoms with E-state index in [1.807, 2.05) is 42.7 Å². The fourth-order valence-corrected chi connectivity index (χ4v) is 3.49. The molecule has 0 fully saturated rings. The minimum Gasteiger partial charge on any atom is -0.310 e. The predicted molar refractivity (Wildman–Crippen MR) is 102 cm³/mol. The fraction of sp³-hybridized carbons (Fsp3) is 0.316. The molecule has 4 rings (SSSR count). The van der Waals surface area contributed by atoms with Crippen LogP contribution >= 0.6 is 0 Å². The van der Waals surface area contributed by atoms with Crippen molar-refractivity contribution >= 4 is 22.8 Å². The molecule has 1 aliphatic rings. The Kier molecular flexibility index (Phi) is 3.79. The van der Waals surface area contributed by atoms with E-state index in [0.29, 0.717) is 23.7 Å². The highest BCUT2D eigenvalue weighted by Gasteiger charge is 2.28. The highest BCUT2D eigenvalue weighted by atomic mass is 16.2. The van der Waals surface area contributed by atoms with E-state index < -0.39 is 0 Å². The van der Waals surface area contributed by atoms with Gasteiger partial charge in [0.1, 0.15) is 0 Å². The van der Waals surface area contributed by atoms with E-state index >= 15 is 0 Å². The van der Waals surface area contributed by atoms with Gasteiger partial charge in [0.25, 0.3) is 5.56 Å². The molecule has 134 valence electrons. The van der Waals surface area contributed by atoms with Crippen LogP contribution in [0.1, 0.15) is 12.5 Å². The van der Waals surface area contributed by atoms with Crippen molar-refractivity contribution in [1.29, 1.82) is 0 Å². The average Bonchev–Trinajstić information content (AvgIpc) is 3.19. The summed E-state index contributed by atoms with van der Waals surface area (Å²) >= 11 is 0. The monoisotopic (exact) mass is 351 g/mol. The average molecular weight is 351 g/mol. The molecule has 0 saturated carbocycles. The normalized spacial score (nSPS) is 13.9. The van der Waals surface area contributed by atoms with Crippen molar-refractivity contribution < 1.29 is 0 Å². The van der Waals surface area contributed by atoms with E-state index in [9.17, 15) is 9.59 Å². The highest BCUT2D eigenvalue weighted by Crippen LogP contribution is 2.31. The largest absolute Gasteiger partial charge is 0.332 e. The van der Waals surface area contributed by atoms with Crippen molar-refractivity contribution in [3.8, 4) is 0 Å². The lowest BCUT2D eigenvalue weighted by Gasteiger charge is -2.16. The summed E-state index contributed by atoms with van der Waals surface area (Å²) in [5.41, 5.74) is 2.49. The molecule has 0 atom stereocenters. The third-order valence-electron chi connectivity index (χ3n) is 4.84. The van der Waals surface area contributed by atoms with Gasteiger partial charge in [-0.2, -0.15) is 4.98 Å². The number of fused-ring (bicyclic) bond motifs is 3. The summed E-state index contributed by atoms with van der Waals surface area (Å²) in [4.78, 5) is 32.3. The molecule has 0 bridgehead atoms. The van der Waals surface area contributed by atoms with Crippen LogP contribution in [0.15, 0.2) is 46.0 Å². The SMILES string of the molecule is C/C=C\Cn1c(=O)c2c(nc3n2CCN3c2cccc(C)c2)n(C)c1=O. The Bertz CT molecular complexity index is 1150. The summed E-state index contributed by atoms with van der Waals surface area (Å²) in [6.07, 6.45) is 3.63. The van der Waals surface area contributed by atoms with Crippen LogP contribution in [0.4, 0.5) is 11.6 Å². The Morgan fingerprint density at radius 2 is 2.04 bits per heavy atom. The summed E-state index contributed by atoms with van der Waals surface area (Å²) in [6.45, 7) is 5.59. The lowest BCUT2D eigenvalue weighted by Crippen LogP contribution is -2.39. The zero-order valence-electron chi connectivity index (χ0n) is 15.1. The summed E-state index contributed by atoms with van der Waals surface area (Å²) in [5, 5.41) is 0. The van der Waals surface area contributed by atoms with Gasteiger partial charge in [0, 0.05) is 32.4 Å². The van der Waals surface area contributed by atoms with Gasteiger partial charge >= 0.3 is 5.69 Å². The first-order valence-corrected chi connectivity index (χ1v) is 8.68. The van der Waals surface area contributed by atoms with Gasteiger partial charge in [0.05, 0.1) is 0 Å². The Balaban J connectivity index is 1.95. The lowest BCUT2D eigenvalue weighted by molar-refractivity contribution is 0.661. The maximum absolute atomic E-state index is 13.0. The standard InChI is InChI=1S/C19H21N5O2/c1-4-5-9-24-17(25)15-16(21(3)19(24)26)20-18-22(10-11-23(15)18)14-8-6-7-13(2)12-14/h4-8,12H,9-11H2,1-3H3/b5-4-. The van der Waals surface area contributed by atoms with Gasteiger partial charge in [0.15, 0.2) is 11.2 Å². The molecule has 0 radical (unpaired) electrons. The molecule has 26 heavy (non-hydrogen) atoms. The smallest absolute Gasteiger partial charge is 0.310 e. The first-order valence-electron chi connectivity index (χ1n) is 8.68. The van der Waals surface area contributed by atoms with Crippen LogP contribution in [0.5, 0.6) is 0 Å². The van der Waals surface area contributed by atoms with E-state index in [1.165, 1.54) is 9.13 Å². The minimum absolute atomic E-state index is 0.264. The van der Waals surface area contributed by atoms with Gasteiger partial charge in [-0.05, 0) is 31.5 Å². The molecular formula is C19H21N5O2. The van der Waals surface area contributed by atoms with Gasteiger partial charge in [-0.15, -0.1) is 0 Å². The van der Waals surface area contributed by atoms with Crippen LogP contribution in [-0.2, 0) is 20.1 Å². The second kappa shape index (κ2) is 6.01. The van der Waals surface area contributed by atoms with Crippen LogP contribution in [-0.4, -0.2) is 25.2 Å². The van der Waals surface area contributed by atoms with Gasteiger partial charge in [-0.25, -0.2) is 4.79 Å². The molecule has 3 aromatic rings. The second-order valence-corrected chi connectivity index (χ2v) is 6.55. The number of benzene rings is 1. The first kappa shape index (κ1) is 16.4.